The first kappa shape index (κ1) is 20.3. The van der Waals surface area contributed by atoms with Crippen molar-refractivity contribution in [2.45, 2.75) is 27.2 Å². The molecule has 0 saturated heterocycles. The first-order valence-corrected chi connectivity index (χ1v) is 9.23. The topological polar surface area (TPSA) is 107 Å². The molecular formula is C20H23N5O4. The van der Waals surface area contributed by atoms with E-state index in [4.69, 9.17) is 9.57 Å². The van der Waals surface area contributed by atoms with E-state index in [9.17, 15) is 9.59 Å². The molecule has 2 aromatic heterocycles. The smallest absolute Gasteiger partial charge is 0.340 e. The summed E-state index contributed by atoms with van der Waals surface area (Å²) in [5.41, 5.74) is 6.29. The zero-order chi connectivity index (χ0) is 21.0. The van der Waals surface area contributed by atoms with Crippen LogP contribution in [0.2, 0.25) is 0 Å². The molecule has 0 atom stereocenters. The summed E-state index contributed by atoms with van der Waals surface area (Å²) in [4.78, 5) is 33.5. The van der Waals surface area contributed by atoms with Gasteiger partial charge < -0.3 is 10.1 Å². The number of amides is 1. The average molecular weight is 397 g/mol. The fourth-order valence-electron chi connectivity index (χ4n) is 3.08. The molecule has 3 aromatic rings. The second-order valence-corrected chi connectivity index (χ2v) is 6.29. The van der Waals surface area contributed by atoms with Crippen molar-refractivity contribution in [1.82, 2.24) is 20.1 Å². The van der Waals surface area contributed by atoms with Crippen LogP contribution in [0.15, 0.2) is 30.7 Å². The van der Waals surface area contributed by atoms with Crippen LogP contribution in [0.25, 0.3) is 5.52 Å². The van der Waals surface area contributed by atoms with Crippen LogP contribution in [0.5, 0.6) is 0 Å². The summed E-state index contributed by atoms with van der Waals surface area (Å²) in [5, 5.41) is 7.49. The summed E-state index contributed by atoms with van der Waals surface area (Å²) >= 11 is 0. The third kappa shape index (κ3) is 4.04. The van der Waals surface area contributed by atoms with Crippen molar-refractivity contribution < 1.29 is 19.2 Å². The van der Waals surface area contributed by atoms with Crippen molar-refractivity contribution >= 4 is 28.9 Å². The van der Waals surface area contributed by atoms with Gasteiger partial charge in [-0.1, -0.05) is 13.0 Å². The van der Waals surface area contributed by atoms with E-state index in [1.165, 1.54) is 13.4 Å². The van der Waals surface area contributed by atoms with E-state index in [1.54, 1.807) is 29.8 Å². The van der Waals surface area contributed by atoms with Gasteiger partial charge in [-0.2, -0.15) is 5.10 Å². The molecule has 9 heteroatoms. The molecule has 29 heavy (non-hydrogen) atoms. The Morgan fingerprint density at radius 3 is 2.72 bits per heavy atom. The predicted octanol–water partition coefficient (Wildman–Crippen LogP) is 2.81. The van der Waals surface area contributed by atoms with Gasteiger partial charge in [-0.15, -0.1) is 0 Å². The number of carbonyl (C=O) groups is 2. The van der Waals surface area contributed by atoms with Crippen molar-refractivity contribution in [3.05, 3.63) is 53.0 Å². The lowest BCUT2D eigenvalue weighted by atomic mass is 10.1. The molecule has 1 aromatic carbocycles. The highest BCUT2D eigenvalue weighted by Gasteiger charge is 2.21. The Labute approximate surface area is 168 Å². The summed E-state index contributed by atoms with van der Waals surface area (Å²) in [5.74, 6) is -0.222. The van der Waals surface area contributed by atoms with Gasteiger partial charge in [-0.3, -0.25) is 9.63 Å². The Kier molecular flexibility index (Phi) is 6.08. The Balaban J connectivity index is 2.06. The minimum Gasteiger partial charge on any atom is -0.462 e. The second-order valence-electron chi connectivity index (χ2n) is 6.29. The highest BCUT2D eigenvalue weighted by Crippen LogP contribution is 2.28. The fraction of sp³-hybridized carbons (Fsp3) is 0.300. The minimum absolute atomic E-state index is 0.292. The fourth-order valence-corrected chi connectivity index (χ4v) is 3.08. The first-order chi connectivity index (χ1) is 14.0. The van der Waals surface area contributed by atoms with Crippen LogP contribution in [0.3, 0.4) is 0 Å². The van der Waals surface area contributed by atoms with Crippen LogP contribution in [0, 0.1) is 6.92 Å². The van der Waals surface area contributed by atoms with Gasteiger partial charge in [0.25, 0.3) is 5.91 Å². The number of aryl methyl sites for hydroxylation is 2. The molecule has 3 rings (SSSR count). The lowest BCUT2D eigenvalue weighted by Crippen LogP contribution is -2.21. The third-order valence-electron chi connectivity index (χ3n) is 4.48. The number of hydrogen-bond acceptors (Lipinski definition) is 7. The van der Waals surface area contributed by atoms with E-state index in [2.05, 4.69) is 20.9 Å². The van der Waals surface area contributed by atoms with Crippen molar-refractivity contribution in [2.24, 2.45) is 0 Å². The number of benzene rings is 1. The van der Waals surface area contributed by atoms with E-state index in [0.29, 0.717) is 41.2 Å². The number of carbonyl (C=O) groups excluding carboxylic acids is 2. The number of rotatable bonds is 7. The highest BCUT2D eigenvalue weighted by atomic mass is 16.6. The number of esters is 1. The van der Waals surface area contributed by atoms with Crippen molar-refractivity contribution in [3.8, 4) is 0 Å². The van der Waals surface area contributed by atoms with Crippen LogP contribution in [-0.2, 0) is 16.0 Å². The Morgan fingerprint density at radius 1 is 1.24 bits per heavy atom. The Morgan fingerprint density at radius 2 is 2.03 bits per heavy atom. The maximum atomic E-state index is 12.3. The van der Waals surface area contributed by atoms with Crippen LogP contribution in [-0.4, -0.2) is 40.2 Å². The molecule has 0 unspecified atom stereocenters. The molecule has 0 aliphatic carbocycles. The zero-order valence-corrected chi connectivity index (χ0v) is 16.8. The van der Waals surface area contributed by atoms with Crippen molar-refractivity contribution in [3.63, 3.8) is 0 Å². The maximum absolute atomic E-state index is 12.3. The van der Waals surface area contributed by atoms with E-state index >= 15 is 0 Å². The molecule has 0 bridgehead atoms. The number of anilines is 2. The van der Waals surface area contributed by atoms with E-state index in [0.717, 1.165) is 11.1 Å². The van der Waals surface area contributed by atoms with Gasteiger partial charge in [0.15, 0.2) is 5.82 Å². The first-order valence-electron chi connectivity index (χ1n) is 9.23. The van der Waals surface area contributed by atoms with Gasteiger partial charge in [0, 0.05) is 17.4 Å². The van der Waals surface area contributed by atoms with Crippen molar-refractivity contribution in [2.75, 3.05) is 19.0 Å². The average Bonchev–Trinajstić information content (AvgIpc) is 3.10. The van der Waals surface area contributed by atoms with Crippen molar-refractivity contribution in [1.29, 1.82) is 0 Å². The van der Waals surface area contributed by atoms with E-state index in [1.807, 2.05) is 19.9 Å². The quantitative estimate of drug-likeness (QED) is 0.466. The van der Waals surface area contributed by atoms with Gasteiger partial charge in [-0.05, 0) is 43.5 Å². The minimum atomic E-state index is -0.393. The number of aromatic nitrogens is 3. The third-order valence-corrected chi connectivity index (χ3v) is 4.48. The molecule has 0 fully saturated rings. The van der Waals surface area contributed by atoms with Gasteiger partial charge in [-0.25, -0.2) is 19.8 Å². The lowest BCUT2D eigenvalue weighted by molar-refractivity contribution is 0.0522. The maximum Gasteiger partial charge on any atom is 0.340 e. The molecule has 0 aliphatic rings. The predicted molar refractivity (Wildman–Crippen MR) is 107 cm³/mol. The Bertz CT molecular complexity index is 1060. The van der Waals surface area contributed by atoms with Gasteiger partial charge in [0.1, 0.15) is 11.8 Å². The molecule has 0 aliphatic heterocycles. The van der Waals surface area contributed by atoms with E-state index in [-0.39, 0.29) is 5.91 Å². The summed E-state index contributed by atoms with van der Waals surface area (Å²) in [6, 6.07) is 5.25. The molecule has 1 amide bonds. The number of nitrogens with zero attached hydrogens (tertiary/aromatic N) is 3. The molecule has 0 radical (unpaired) electrons. The largest absolute Gasteiger partial charge is 0.462 e. The van der Waals surface area contributed by atoms with Crippen LogP contribution < -0.4 is 10.8 Å². The van der Waals surface area contributed by atoms with Gasteiger partial charge >= 0.3 is 5.97 Å². The zero-order valence-electron chi connectivity index (χ0n) is 16.8. The van der Waals surface area contributed by atoms with Crippen LogP contribution >= 0.6 is 0 Å². The lowest BCUT2D eigenvalue weighted by Gasteiger charge is -2.12. The summed E-state index contributed by atoms with van der Waals surface area (Å²) < 4.78 is 6.77. The highest BCUT2D eigenvalue weighted by molar-refractivity contribution is 5.97. The summed E-state index contributed by atoms with van der Waals surface area (Å²) in [6.07, 6.45) is 3.65. The number of hydroxylamine groups is 1. The van der Waals surface area contributed by atoms with Gasteiger partial charge in [0.05, 0.1) is 19.3 Å². The molecular weight excluding hydrogens is 374 g/mol. The standard InChI is InChI=1S/C20H23N5O4/c1-5-14-15(20(27)29-6-2)10-25-17(14)18(21-11-22-25)23-16-9-13(8-7-12(16)3)19(26)24-28-4/h7-11H,5-6H2,1-4H3,(H,24,26)(H,21,22,23). The normalized spacial score (nSPS) is 10.8. The number of fused-ring (bicyclic) bond motifs is 1. The molecule has 0 saturated carbocycles. The number of ether oxygens (including phenoxy) is 1. The van der Waals surface area contributed by atoms with Gasteiger partial charge in [0.2, 0.25) is 0 Å². The van der Waals surface area contributed by atoms with Crippen LogP contribution in [0.4, 0.5) is 11.5 Å². The summed E-state index contributed by atoms with van der Waals surface area (Å²) in [6.45, 7) is 5.93. The second kappa shape index (κ2) is 8.70. The van der Waals surface area contributed by atoms with E-state index < -0.39 is 5.97 Å². The summed E-state index contributed by atoms with van der Waals surface area (Å²) in [7, 11) is 1.38. The molecule has 152 valence electrons. The SMILES string of the molecule is CCOC(=O)c1cn2ncnc(Nc3cc(C(=O)NOC)ccc3C)c2c1CC. The Hall–Kier alpha value is -3.46. The molecule has 9 nitrogen and oxygen atoms in total. The monoisotopic (exact) mass is 397 g/mol. The number of hydrogen-bond donors (Lipinski definition) is 2. The van der Waals surface area contributed by atoms with Crippen LogP contribution in [0.1, 0.15) is 45.7 Å². The molecule has 2 N–H and O–H groups in total. The number of nitrogens with one attached hydrogen (secondary N) is 2. The molecule has 2 heterocycles. The molecule has 0 spiro atoms.